The van der Waals surface area contributed by atoms with Gasteiger partial charge < -0.3 is 4.90 Å². The van der Waals surface area contributed by atoms with Crippen LogP contribution in [0.15, 0.2) is 55.0 Å². The van der Waals surface area contributed by atoms with Crippen LogP contribution in [0, 0.1) is 0 Å². The Morgan fingerprint density at radius 1 is 0.964 bits per heavy atom. The van der Waals surface area contributed by atoms with Gasteiger partial charge in [0.1, 0.15) is 17.0 Å². The van der Waals surface area contributed by atoms with Crippen LogP contribution in [-0.4, -0.2) is 38.6 Å². The van der Waals surface area contributed by atoms with Crippen molar-refractivity contribution < 1.29 is 13.2 Å². The van der Waals surface area contributed by atoms with Gasteiger partial charge in [0.25, 0.3) is 0 Å². The van der Waals surface area contributed by atoms with Crippen molar-refractivity contribution in [3.8, 4) is 17.2 Å². The molecule has 0 fully saturated rings. The van der Waals surface area contributed by atoms with Gasteiger partial charge in [-0.25, -0.2) is 15.0 Å². The number of aromatic nitrogens is 5. The summed E-state index contributed by atoms with van der Waals surface area (Å²) in [6, 6.07) is 9.90. The Morgan fingerprint density at radius 3 is 2.39 bits per heavy atom. The number of halogens is 3. The Balaban J connectivity index is 1.96. The van der Waals surface area contributed by atoms with E-state index in [0.29, 0.717) is 22.9 Å². The van der Waals surface area contributed by atoms with Crippen LogP contribution in [0.2, 0.25) is 0 Å². The van der Waals surface area contributed by atoms with Crippen LogP contribution in [0.3, 0.4) is 0 Å². The maximum absolute atomic E-state index is 13.1. The molecule has 0 saturated heterocycles. The van der Waals surface area contributed by atoms with Crippen molar-refractivity contribution in [1.29, 1.82) is 0 Å². The SMILES string of the molecule is CN(C)c1ccc(-n2c(-c3ccccn3)nc3cc(C(F)(F)F)cnc32)cn1. The minimum Gasteiger partial charge on any atom is -0.363 e. The molecular formula is C19H15F3N6. The topological polar surface area (TPSA) is 59.7 Å². The second kappa shape index (κ2) is 6.59. The maximum Gasteiger partial charge on any atom is 0.417 e. The summed E-state index contributed by atoms with van der Waals surface area (Å²) in [5.74, 6) is 1.14. The average Bonchev–Trinajstić information content (AvgIpc) is 3.07. The first kappa shape index (κ1) is 17.9. The second-order valence-corrected chi connectivity index (χ2v) is 6.32. The fourth-order valence-electron chi connectivity index (χ4n) is 2.81. The average molecular weight is 384 g/mol. The van der Waals surface area contributed by atoms with Gasteiger partial charge in [-0.3, -0.25) is 9.55 Å². The van der Waals surface area contributed by atoms with Crippen LogP contribution < -0.4 is 4.90 Å². The fourth-order valence-corrected chi connectivity index (χ4v) is 2.81. The molecule has 4 aromatic heterocycles. The van der Waals surface area contributed by atoms with Crippen LogP contribution in [0.25, 0.3) is 28.4 Å². The molecule has 0 aliphatic carbocycles. The van der Waals surface area contributed by atoms with Gasteiger partial charge in [0.15, 0.2) is 11.5 Å². The number of nitrogens with zero attached hydrogens (tertiary/aromatic N) is 6. The number of alkyl halides is 3. The lowest BCUT2D eigenvalue weighted by molar-refractivity contribution is -0.137. The third-order valence-electron chi connectivity index (χ3n) is 4.17. The zero-order valence-electron chi connectivity index (χ0n) is 15.0. The zero-order valence-corrected chi connectivity index (χ0v) is 15.0. The van der Waals surface area contributed by atoms with E-state index in [4.69, 9.17) is 0 Å². The summed E-state index contributed by atoms with van der Waals surface area (Å²) < 4.78 is 40.9. The van der Waals surface area contributed by atoms with Crippen molar-refractivity contribution in [2.45, 2.75) is 6.18 Å². The van der Waals surface area contributed by atoms with Crippen molar-refractivity contribution >= 4 is 17.0 Å². The van der Waals surface area contributed by atoms with E-state index in [9.17, 15) is 13.2 Å². The monoisotopic (exact) mass is 384 g/mol. The zero-order chi connectivity index (χ0) is 19.9. The predicted octanol–water partition coefficient (Wildman–Crippen LogP) is 3.96. The van der Waals surface area contributed by atoms with Crippen molar-refractivity contribution in [2.24, 2.45) is 0 Å². The lowest BCUT2D eigenvalue weighted by atomic mass is 10.2. The van der Waals surface area contributed by atoms with E-state index < -0.39 is 11.7 Å². The normalized spacial score (nSPS) is 11.8. The molecule has 142 valence electrons. The molecule has 4 heterocycles. The highest BCUT2D eigenvalue weighted by atomic mass is 19.4. The molecule has 0 bridgehead atoms. The molecule has 0 spiro atoms. The highest BCUT2D eigenvalue weighted by molar-refractivity contribution is 5.79. The number of hydrogen-bond donors (Lipinski definition) is 0. The number of hydrogen-bond acceptors (Lipinski definition) is 5. The summed E-state index contributed by atoms with van der Waals surface area (Å²) in [4.78, 5) is 19.0. The summed E-state index contributed by atoms with van der Waals surface area (Å²) in [6.45, 7) is 0. The predicted molar refractivity (Wildman–Crippen MR) is 99.2 cm³/mol. The van der Waals surface area contributed by atoms with Crippen LogP contribution >= 0.6 is 0 Å². The number of rotatable bonds is 3. The molecule has 0 amide bonds. The Morgan fingerprint density at radius 2 is 1.79 bits per heavy atom. The maximum atomic E-state index is 13.1. The molecular weight excluding hydrogens is 369 g/mol. The fraction of sp³-hybridized carbons (Fsp3) is 0.158. The minimum atomic E-state index is -4.49. The van der Waals surface area contributed by atoms with Crippen molar-refractivity contribution in [3.63, 3.8) is 0 Å². The van der Waals surface area contributed by atoms with E-state index in [0.717, 1.165) is 18.1 Å². The first-order valence-electron chi connectivity index (χ1n) is 8.35. The first-order valence-corrected chi connectivity index (χ1v) is 8.35. The number of imidazole rings is 1. The standard InChI is InChI=1S/C19H15F3N6/c1-27(2)16-7-6-13(11-24-16)28-17-15(9-12(10-25-17)19(20,21)22)26-18(28)14-5-3-4-8-23-14/h3-11H,1-2H3. The molecule has 0 N–H and O–H groups in total. The van der Waals surface area contributed by atoms with Gasteiger partial charge in [-0.1, -0.05) is 6.07 Å². The van der Waals surface area contributed by atoms with Gasteiger partial charge in [-0.15, -0.1) is 0 Å². The van der Waals surface area contributed by atoms with Gasteiger partial charge in [0.2, 0.25) is 0 Å². The third kappa shape index (κ3) is 3.15. The van der Waals surface area contributed by atoms with Crippen LogP contribution in [0.1, 0.15) is 5.56 Å². The van der Waals surface area contributed by atoms with Gasteiger partial charge in [-0.2, -0.15) is 13.2 Å². The number of fused-ring (bicyclic) bond motifs is 1. The van der Waals surface area contributed by atoms with Crippen molar-refractivity contribution in [2.75, 3.05) is 19.0 Å². The summed E-state index contributed by atoms with van der Waals surface area (Å²) in [7, 11) is 3.74. The molecule has 0 aliphatic heterocycles. The third-order valence-corrected chi connectivity index (χ3v) is 4.17. The van der Waals surface area contributed by atoms with Gasteiger partial charge >= 0.3 is 6.18 Å². The number of pyridine rings is 3. The summed E-state index contributed by atoms with van der Waals surface area (Å²) >= 11 is 0. The molecule has 4 rings (SSSR count). The summed E-state index contributed by atoms with van der Waals surface area (Å²) in [6.07, 6.45) is -0.460. The molecule has 9 heteroatoms. The quantitative estimate of drug-likeness (QED) is 0.535. The highest BCUT2D eigenvalue weighted by Crippen LogP contribution is 2.32. The van der Waals surface area contributed by atoms with Crippen LogP contribution in [0.5, 0.6) is 0 Å². The van der Waals surface area contributed by atoms with Gasteiger partial charge in [0.05, 0.1) is 17.4 Å². The number of anilines is 1. The molecule has 6 nitrogen and oxygen atoms in total. The second-order valence-electron chi connectivity index (χ2n) is 6.32. The molecule has 0 radical (unpaired) electrons. The van der Waals surface area contributed by atoms with Gasteiger partial charge in [0, 0.05) is 26.5 Å². The molecule has 0 aromatic carbocycles. The molecule has 4 aromatic rings. The lowest BCUT2D eigenvalue weighted by Crippen LogP contribution is -2.10. The Labute approximate surface area is 158 Å². The summed E-state index contributed by atoms with van der Waals surface area (Å²) in [5.41, 5.74) is 0.727. The highest BCUT2D eigenvalue weighted by Gasteiger charge is 2.32. The largest absolute Gasteiger partial charge is 0.417 e. The minimum absolute atomic E-state index is 0.132. The Bertz CT molecular complexity index is 1120. The summed E-state index contributed by atoms with van der Waals surface area (Å²) in [5, 5.41) is 0. The van der Waals surface area contributed by atoms with Crippen molar-refractivity contribution in [1.82, 2.24) is 24.5 Å². The molecule has 28 heavy (non-hydrogen) atoms. The van der Waals surface area contributed by atoms with E-state index in [1.807, 2.05) is 31.1 Å². The molecule has 0 atom stereocenters. The van der Waals surface area contributed by atoms with E-state index in [-0.39, 0.29) is 5.52 Å². The smallest absolute Gasteiger partial charge is 0.363 e. The van der Waals surface area contributed by atoms with Crippen LogP contribution in [-0.2, 0) is 6.18 Å². The Kier molecular flexibility index (Phi) is 4.21. The first-order chi connectivity index (χ1) is 13.3. The Hall–Kier alpha value is -3.49. The molecule has 0 unspecified atom stereocenters. The lowest BCUT2D eigenvalue weighted by Gasteiger charge is -2.13. The van der Waals surface area contributed by atoms with E-state index in [1.165, 1.54) is 0 Å². The van der Waals surface area contributed by atoms with E-state index in [1.54, 1.807) is 35.2 Å². The molecule has 0 saturated carbocycles. The van der Waals surface area contributed by atoms with E-state index >= 15 is 0 Å². The van der Waals surface area contributed by atoms with Gasteiger partial charge in [-0.05, 0) is 30.3 Å². The van der Waals surface area contributed by atoms with E-state index in [2.05, 4.69) is 19.9 Å². The molecule has 0 aliphatic rings. The van der Waals surface area contributed by atoms with Crippen LogP contribution in [0.4, 0.5) is 19.0 Å². The van der Waals surface area contributed by atoms with Crippen molar-refractivity contribution in [3.05, 3.63) is 60.6 Å².